The molecule has 3 rings (SSSR count). The van der Waals surface area contributed by atoms with Crippen LogP contribution in [0, 0.1) is 11.3 Å². The zero-order chi connectivity index (χ0) is 22.1. The third-order valence-corrected chi connectivity index (χ3v) is 5.78. The molecule has 0 fully saturated rings. The molecule has 1 aliphatic carbocycles. The van der Waals surface area contributed by atoms with Crippen LogP contribution in [0.25, 0.3) is 0 Å². The SMILES string of the molecule is CCCOC(=O)C1C(C)=NC2=C(C(=O)CC(C)(C)C2)[C@H]1c1ccc(OC)cc1OC. The molecule has 1 heterocycles. The maximum absolute atomic E-state index is 13.3. The largest absolute Gasteiger partial charge is 0.497 e. The Kier molecular flexibility index (Phi) is 6.34. The summed E-state index contributed by atoms with van der Waals surface area (Å²) in [6, 6.07) is 5.48. The zero-order valence-corrected chi connectivity index (χ0v) is 18.7. The average molecular weight is 414 g/mol. The Morgan fingerprint density at radius 2 is 1.93 bits per heavy atom. The van der Waals surface area contributed by atoms with Gasteiger partial charge >= 0.3 is 5.97 Å². The number of ketones is 1. The number of esters is 1. The molecule has 0 N–H and O–H groups in total. The van der Waals surface area contributed by atoms with Gasteiger partial charge in [0.05, 0.1) is 20.8 Å². The number of Topliss-reactive ketones (excluding diaryl/α,β-unsaturated/α-hetero) is 1. The van der Waals surface area contributed by atoms with E-state index in [2.05, 4.69) is 13.8 Å². The molecule has 30 heavy (non-hydrogen) atoms. The average Bonchev–Trinajstić information content (AvgIpc) is 2.69. The van der Waals surface area contributed by atoms with Crippen molar-refractivity contribution in [1.29, 1.82) is 0 Å². The molecule has 0 saturated carbocycles. The van der Waals surface area contributed by atoms with Gasteiger partial charge in [0.1, 0.15) is 17.4 Å². The molecule has 6 nitrogen and oxygen atoms in total. The summed E-state index contributed by atoms with van der Waals surface area (Å²) in [6.07, 6.45) is 1.84. The van der Waals surface area contributed by atoms with Crippen molar-refractivity contribution in [2.24, 2.45) is 16.3 Å². The zero-order valence-electron chi connectivity index (χ0n) is 18.7. The van der Waals surface area contributed by atoms with Crippen LogP contribution in [-0.2, 0) is 14.3 Å². The van der Waals surface area contributed by atoms with Crippen LogP contribution >= 0.6 is 0 Å². The van der Waals surface area contributed by atoms with Crippen molar-refractivity contribution >= 4 is 17.5 Å². The summed E-state index contributed by atoms with van der Waals surface area (Å²) in [6.45, 7) is 8.28. The Morgan fingerprint density at radius 3 is 2.57 bits per heavy atom. The van der Waals surface area contributed by atoms with E-state index < -0.39 is 11.8 Å². The number of methoxy groups -OCH3 is 2. The van der Waals surface area contributed by atoms with Gasteiger partial charge in [-0.15, -0.1) is 0 Å². The molecule has 0 saturated heterocycles. The molecule has 2 aliphatic rings. The fourth-order valence-electron chi connectivity index (χ4n) is 4.45. The predicted octanol–water partition coefficient (Wildman–Crippen LogP) is 4.47. The molecule has 1 aromatic carbocycles. The van der Waals surface area contributed by atoms with Gasteiger partial charge in [-0.25, -0.2) is 0 Å². The van der Waals surface area contributed by atoms with E-state index in [1.165, 1.54) is 0 Å². The maximum atomic E-state index is 13.3. The van der Waals surface area contributed by atoms with E-state index in [-0.39, 0.29) is 17.2 Å². The van der Waals surface area contributed by atoms with Crippen LogP contribution in [0.2, 0.25) is 0 Å². The summed E-state index contributed by atoms with van der Waals surface area (Å²) in [5.41, 5.74) is 2.66. The number of hydrogen-bond donors (Lipinski definition) is 0. The smallest absolute Gasteiger partial charge is 0.315 e. The van der Waals surface area contributed by atoms with Gasteiger partial charge in [-0.1, -0.05) is 26.8 Å². The van der Waals surface area contributed by atoms with E-state index in [1.807, 2.05) is 26.0 Å². The van der Waals surface area contributed by atoms with E-state index in [4.69, 9.17) is 19.2 Å². The first-order valence-corrected chi connectivity index (χ1v) is 10.4. The van der Waals surface area contributed by atoms with Gasteiger partial charge in [-0.2, -0.15) is 0 Å². The van der Waals surface area contributed by atoms with Crippen molar-refractivity contribution in [3.05, 3.63) is 35.0 Å². The van der Waals surface area contributed by atoms with Gasteiger partial charge in [0, 0.05) is 41.0 Å². The van der Waals surface area contributed by atoms with Crippen LogP contribution in [0.3, 0.4) is 0 Å². The highest BCUT2D eigenvalue weighted by molar-refractivity contribution is 6.09. The van der Waals surface area contributed by atoms with Crippen molar-refractivity contribution in [3.63, 3.8) is 0 Å². The molecular formula is C24H31NO5. The van der Waals surface area contributed by atoms with E-state index in [1.54, 1.807) is 20.3 Å². The van der Waals surface area contributed by atoms with E-state index in [0.717, 1.165) is 17.7 Å². The summed E-state index contributed by atoms with van der Waals surface area (Å²) in [4.78, 5) is 31.1. The second kappa shape index (κ2) is 8.62. The van der Waals surface area contributed by atoms with Crippen molar-refractivity contribution in [2.75, 3.05) is 20.8 Å². The topological polar surface area (TPSA) is 74.2 Å². The number of carbonyl (C=O) groups is 2. The highest BCUT2D eigenvalue weighted by Gasteiger charge is 2.46. The third-order valence-electron chi connectivity index (χ3n) is 5.78. The Morgan fingerprint density at radius 1 is 1.20 bits per heavy atom. The van der Waals surface area contributed by atoms with E-state index in [9.17, 15) is 9.59 Å². The van der Waals surface area contributed by atoms with E-state index in [0.29, 0.717) is 42.2 Å². The molecule has 6 heteroatoms. The van der Waals surface area contributed by atoms with Gasteiger partial charge in [0.25, 0.3) is 0 Å². The molecule has 0 aromatic heterocycles. The van der Waals surface area contributed by atoms with Crippen LogP contribution in [0.1, 0.15) is 58.4 Å². The monoisotopic (exact) mass is 413 g/mol. The summed E-state index contributed by atoms with van der Waals surface area (Å²) in [7, 11) is 3.16. The molecule has 2 atom stereocenters. The molecule has 162 valence electrons. The fraction of sp³-hybridized carbons (Fsp3) is 0.542. The van der Waals surface area contributed by atoms with Gasteiger partial charge in [0.2, 0.25) is 0 Å². The number of carbonyl (C=O) groups excluding carboxylic acids is 2. The van der Waals surface area contributed by atoms with Gasteiger partial charge in [-0.3, -0.25) is 14.6 Å². The first-order valence-electron chi connectivity index (χ1n) is 10.4. The van der Waals surface area contributed by atoms with Crippen LogP contribution in [0.15, 0.2) is 34.5 Å². The number of benzene rings is 1. The lowest BCUT2D eigenvalue weighted by molar-refractivity contribution is -0.146. The number of allylic oxidation sites excluding steroid dienone is 2. The minimum atomic E-state index is -0.664. The van der Waals surface area contributed by atoms with Crippen LogP contribution < -0.4 is 9.47 Å². The van der Waals surface area contributed by atoms with Gasteiger partial charge in [-0.05, 0) is 31.2 Å². The van der Waals surface area contributed by atoms with Crippen LogP contribution in [-0.4, -0.2) is 38.3 Å². The Bertz CT molecular complexity index is 912. The highest BCUT2D eigenvalue weighted by Crippen LogP contribution is 2.49. The van der Waals surface area contributed by atoms with Crippen molar-refractivity contribution in [3.8, 4) is 11.5 Å². The van der Waals surface area contributed by atoms with Gasteiger partial charge in [0.15, 0.2) is 5.78 Å². The Balaban J connectivity index is 2.19. The van der Waals surface area contributed by atoms with Crippen molar-refractivity contribution < 1.29 is 23.8 Å². The molecule has 0 amide bonds. The maximum Gasteiger partial charge on any atom is 0.315 e. The number of nitrogens with zero attached hydrogens (tertiary/aromatic N) is 1. The second-order valence-electron chi connectivity index (χ2n) is 8.79. The van der Waals surface area contributed by atoms with Crippen LogP contribution in [0.5, 0.6) is 11.5 Å². The summed E-state index contributed by atoms with van der Waals surface area (Å²) in [5, 5.41) is 0. The lowest BCUT2D eigenvalue weighted by Gasteiger charge is -2.39. The molecule has 0 radical (unpaired) electrons. The standard InChI is InChI=1S/C24H31NO5/c1-7-10-30-23(27)20-14(2)25-17-12-24(3,4)13-18(26)22(17)21(20)16-9-8-15(28-5)11-19(16)29-6/h8-9,11,20-21H,7,10,12-13H2,1-6H3/t20?,21-/m0/s1. The molecule has 1 aromatic rings. The Labute approximate surface area is 178 Å². The highest BCUT2D eigenvalue weighted by atomic mass is 16.5. The molecular weight excluding hydrogens is 382 g/mol. The first kappa shape index (κ1) is 22.1. The van der Waals surface area contributed by atoms with E-state index >= 15 is 0 Å². The lowest BCUT2D eigenvalue weighted by atomic mass is 9.66. The number of rotatable bonds is 6. The minimum Gasteiger partial charge on any atom is -0.497 e. The quantitative estimate of drug-likeness (QED) is 0.643. The fourth-order valence-corrected chi connectivity index (χ4v) is 4.45. The normalized spacial score (nSPS) is 22.9. The molecule has 1 aliphatic heterocycles. The number of ether oxygens (including phenoxy) is 3. The first-order chi connectivity index (χ1) is 14.2. The summed E-state index contributed by atoms with van der Waals surface area (Å²) < 4.78 is 16.5. The summed E-state index contributed by atoms with van der Waals surface area (Å²) >= 11 is 0. The lowest BCUT2D eigenvalue weighted by Crippen LogP contribution is -2.39. The number of aliphatic imine (C=N–C) groups is 1. The minimum absolute atomic E-state index is 0.0358. The number of hydrogen-bond acceptors (Lipinski definition) is 6. The summed E-state index contributed by atoms with van der Waals surface area (Å²) in [5.74, 6) is -0.257. The predicted molar refractivity (Wildman–Crippen MR) is 115 cm³/mol. The molecule has 0 spiro atoms. The molecule has 0 bridgehead atoms. The Hall–Kier alpha value is -2.63. The van der Waals surface area contributed by atoms with Crippen LogP contribution in [0.4, 0.5) is 0 Å². The van der Waals surface area contributed by atoms with Gasteiger partial charge < -0.3 is 14.2 Å². The molecule has 1 unspecified atom stereocenters. The second-order valence-corrected chi connectivity index (χ2v) is 8.79. The third kappa shape index (κ3) is 4.13. The van der Waals surface area contributed by atoms with Crippen molar-refractivity contribution in [2.45, 2.75) is 52.9 Å². The van der Waals surface area contributed by atoms with Crippen molar-refractivity contribution in [1.82, 2.24) is 0 Å².